The highest BCUT2D eigenvalue weighted by atomic mass is 127. The number of hydrogen-bond donors (Lipinski definition) is 0. The van der Waals surface area contributed by atoms with Crippen molar-refractivity contribution in [1.82, 2.24) is 14.7 Å². The van der Waals surface area contributed by atoms with Gasteiger partial charge in [0.1, 0.15) is 0 Å². The first-order valence-electron chi connectivity index (χ1n) is 17.1. The van der Waals surface area contributed by atoms with Gasteiger partial charge in [0.05, 0.1) is 32.2 Å². The second-order valence-electron chi connectivity index (χ2n) is 13.8. The number of nitrogens with zero attached hydrogens (tertiary/aromatic N) is 4. The molecule has 0 aromatic heterocycles. The van der Waals surface area contributed by atoms with Crippen LogP contribution in [0.15, 0.2) is 121 Å². The maximum Gasteiger partial charge on any atom is 0.0916 e. The van der Waals surface area contributed by atoms with Gasteiger partial charge < -0.3 is 28.5 Å². The minimum atomic E-state index is 0. The maximum absolute atomic E-state index is 2.66. The van der Waals surface area contributed by atoms with Crippen molar-refractivity contribution in [3.05, 3.63) is 144 Å². The molecule has 0 radical (unpaired) electrons. The summed E-state index contributed by atoms with van der Waals surface area (Å²) in [6.07, 6.45) is 0. The maximum atomic E-state index is 2.66. The third kappa shape index (κ3) is 9.51. The summed E-state index contributed by atoms with van der Waals surface area (Å²) in [6, 6.07) is 45.9. The molecule has 0 aliphatic carbocycles. The minimum absolute atomic E-state index is 0. The van der Waals surface area contributed by atoms with Crippen molar-refractivity contribution >= 4 is 0 Å². The van der Waals surface area contributed by atoms with Crippen molar-refractivity contribution in [2.45, 2.75) is 58.4 Å². The number of piperazine rings is 2. The molecular formula is C41H55IN4. The zero-order chi connectivity index (χ0) is 31.6. The lowest BCUT2D eigenvalue weighted by Crippen LogP contribution is -3.00. The largest absolute Gasteiger partial charge is 1.00 e. The SMILES string of the molecule is CC(C)N1CCN(Cc2ccccc2)C(c2ccccc2)C1.CC(C)[N+]1(C)CCN(C(c2ccccc2)c2ccccc2)CC1.[I-]. The topological polar surface area (TPSA) is 9.72 Å². The normalized spacial score (nSPS) is 19.0. The molecule has 4 aromatic rings. The predicted molar refractivity (Wildman–Crippen MR) is 190 cm³/mol. The zero-order valence-electron chi connectivity index (χ0n) is 28.7. The third-order valence-corrected chi connectivity index (χ3v) is 10.3. The second kappa shape index (κ2) is 17.6. The van der Waals surface area contributed by atoms with E-state index in [1.54, 1.807) is 0 Å². The highest BCUT2D eigenvalue weighted by molar-refractivity contribution is 5.32. The summed E-state index contributed by atoms with van der Waals surface area (Å²) in [5.41, 5.74) is 5.64. The van der Waals surface area contributed by atoms with Crippen LogP contribution in [0.3, 0.4) is 0 Å². The Morgan fingerprint density at radius 1 is 0.609 bits per heavy atom. The number of rotatable bonds is 8. The average molecular weight is 731 g/mol. The van der Waals surface area contributed by atoms with Gasteiger partial charge in [0.25, 0.3) is 0 Å². The van der Waals surface area contributed by atoms with Crippen LogP contribution in [0, 0.1) is 0 Å². The molecule has 2 saturated heterocycles. The molecule has 2 aliphatic rings. The van der Waals surface area contributed by atoms with Crippen molar-refractivity contribution in [2.75, 3.05) is 52.9 Å². The van der Waals surface area contributed by atoms with Gasteiger partial charge in [0, 0.05) is 51.4 Å². The Hall–Kier alpha value is -2.55. The van der Waals surface area contributed by atoms with E-state index < -0.39 is 0 Å². The van der Waals surface area contributed by atoms with Crippen LogP contribution in [0.4, 0.5) is 0 Å². The summed E-state index contributed by atoms with van der Waals surface area (Å²) in [5.74, 6) is 0. The monoisotopic (exact) mass is 730 g/mol. The van der Waals surface area contributed by atoms with Crippen molar-refractivity contribution in [1.29, 1.82) is 0 Å². The Morgan fingerprint density at radius 2 is 1.09 bits per heavy atom. The van der Waals surface area contributed by atoms with E-state index in [9.17, 15) is 0 Å². The smallest absolute Gasteiger partial charge is 0.0916 e. The van der Waals surface area contributed by atoms with Crippen LogP contribution in [-0.2, 0) is 6.54 Å². The molecular weight excluding hydrogens is 675 g/mol. The summed E-state index contributed by atoms with van der Waals surface area (Å²) in [6.45, 7) is 18.5. The Bertz CT molecular complexity index is 1350. The van der Waals surface area contributed by atoms with Crippen molar-refractivity contribution < 1.29 is 28.5 Å². The molecule has 5 heteroatoms. The molecule has 0 spiro atoms. The van der Waals surface area contributed by atoms with E-state index in [1.165, 1.54) is 39.8 Å². The van der Waals surface area contributed by atoms with Crippen LogP contribution in [0.1, 0.15) is 62.0 Å². The number of quaternary nitrogens is 1. The molecule has 6 rings (SSSR count). The first-order chi connectivity index (χ1) is 21.8. The van der Waals surface area contributed by atoms with Crippen LogP contribution < -0.4 is 24.0 Å². The summed E-state index contributed by atoms with van der Waals surface area (Å²) in [4.78, 5) is 7.88. The lowest BCUT2D eigenvalue weighted by molar-refractivity contribution is -0.933. The Balaban J connectivity index is 0.000000205. The van der Waals surface area contributed by atoms with Crippen molar-refractivity contribution in [3.63, 3.8) is 0 Å². The van der Waals surface area contributed by atoms with Gasteiger partial charge >= 0.3 is 0 Å². The Kier molecular flexibility index (Phi) is 13.9. The lowest BCUT2D eigenvalue weighted by atomic mass is 9.96. The fourth-order valence-electron chi connectivity index (χ4n) is 6.91. The lowest BCUT2D eigenvalue weighted by Gasteiger charge is -2.47. The fourth-order valence-corrected chi connectivity index (χ4v) is 6.91. The first-order valence-corrected chi connectivity index (χ1v) is 17.1. The van der Waals surface area contributed by atoms with Crippen LogP contribution in [0.2, 0.25) is 0 Å². The summed E-state index contributed by atoms with van der Waals surface area (Å²) in [5, 5.41) is 0. The highest BCUT2D eigenvalue weighted by Gasteiger charge is 2.35. The van der Waals surface area contributed by atoms with Crippen LogP contribution in [0.5, 0.6) is 0 Å². The quantitative estimate of drug-likeness (QED) is 0.189. The van der Waals surface area contributed by atoms with Gasteiger partial charge in [-0.3, -0.25) is 14.7 Å². The number of hydrogen-bond acceptors (Lipinski definition) is 3. The molecule has 0 amide bonds. The van der Waals surface area contributed by atoms with Gasteiger partial charge in [-0.2, -0.15) is 0 Å². The van der Waals surface area contributed by atoms with E-state index in [4.69, 9.17) is 0 Å². The Labute approximate surface area is 296 Å². The van der Waals surface area contributed by atoms with Gasteiger partial charge in [0.2, 0.25) is 0 Å². The summed E-state index contributed by atoms with van der Waals surface area (Å²) >= 11 is 0. The van der Waals surface area contributed by atoms with E-state index >= 15 is 0 Å². The van der Waals surface area contributed by atoms with Gasteiger partial charge in [-0.15, -0.1) is 0 Å². The van der Waals surface area contributed by atoms with E-state index in [-0.39, 0.29) is 24.0 Å². The van der Waals surface area contributed by atoms with Crippen LogP contribution in [-0.4, -0.2) is 84.1 Å². The third-order valence-electron chi connectivity index (χ3n) is 10.3. The summed E-state index contributed by atoms with van der Waals surface area (Å²) < 4.78 is 1.19. The van der Waals surface area contributed by atoms with E-state index in [0.717, 1.165) is 39.3 Å². The number of likely N-dealkylation sites (N-methyl/N-ethyl adjacent to an activating group) is 1. The number of benzene rings is 4. The molecule has 1 atom stereocenters. The van der Waals surface area contributed by atoms with Crippen molar-refractivity contribution in [2.24, 2.45) is 0 Å². The molecule has 4 nitrogen and oxygen atoms in total. The molecule has 0 N–H and O–H groups in total. The molecule has 2 fully saturated rings. The molecule has 0 bridgehead atoms. The molecule has 46 heavy (non-hydrogen) atoms. The van der Waals surface area contributed by atoms with Crippen LogP contribution in [0.25, 0.3) is 0 Å². The second-order valence-corrected chi connectivity index (χ2v) is 13.8. The molecule has 246 valence electrons. The minimum Gasteiger partial charge on any atom is -1.00 e. The van der Waals surface area contributed by atoms with Gasteiger partial charge in [-0.25, -0.2) is 0 Å². The van der Waals surface area contributed by atoms with Gasteiger partial charge in [-0.1, -0.05) is 121 Å². The molecule has 2 aliphatic heterocycles. The molecule has 0 saturated carbocycles. The number of halogens is 1. The van der Waals surface area contributed by atoms with Gasteiger partial charge in [-0.05, 0) is 49.9 Å². The standard InChI is InChI=1S/C21H29N2.C20H26N2.HI/c1-18(2)23(3)16-14-22(15-17-23)21(19-10-6-4-7-11-19)20-12-8-5-9-13-20;1-17(2)21-13-14-22(15-18-9-5-3-6-10-18)20(16-21)19-11-7-4-8-12-19;/h4-13,18,21H,14-17H2,1-3H3;3-12,17,20H,13-16H2,1-2H3;1H/q+1;;/p-1. The molecule has 1 unspecified atom stereocenters. The van der Waals surface area contributed by atoms with Gasteiger partial charge in [0.15, 0.2) is 0 Å². The van der Waals surface area contributed by atoms with Crippen molar-refractivity contribution in [3.8, 4) is 0 Å². The highest BCUT2D eigenvalue weighted by Crippen LogP contribution is 2.31. The van der Waals surface area contributed by atoms with E-state index in [1.807, 2.05) is 0 Å². The Morgan fingerprint density at radius 3 is 1.57 bits per heavy atom. The van der Waals surface area contributed by atoms with E-state index in [0.29, 0.717) is 24.2 Å². The fraction of sp³-hybridized carbons (Fsp3) is 0.415. The molecule has 4 aromatic carbocycles. The average Bonchev–Trinajstić information content (AvgIpc) is 3.08. The van der Waals surface area contributed by atoms with E-state index in [2.05, 4.69) is 171 Å². The first kappa shape index (κ1) is 36.3. The molecule has 2 heterocycles. The van der Waals surface area contributed by atoms with Crippen LogP contribution >= 0.6 is 0 Å². The predicted octanol–water partition coefficient (Wildman–Crippen LogP) is 4.90. The zero-order valence-corrected chi connectivity index (χ0v) is 30.8. The summed E-state index contributed by atoms with van der Waals surface area (Å²) in [7, 11) is 2.40.